The van der Waals surface area contributed by atoms with Crippen LogP contribution in [0.2, 0.25) is 0 Å². The molecule has 38 heavy (non-hydrogen) atoms. The molecular weight excluding hydrogens is 522 g/mol. The van der Waals surface area contributed by atoms with Crippen molar-refractivity contribution < 1.29 is 22.2 Å². The first-order valence-electron chi connectivity index (χ1n) is 12.2. The third kappa shape index (κ3) is 4.86. The van der Waals surface area contributed by atoms with Gasteiger partial charge in [0, 0.05) is 17.8 Å². The van der Waals surface area contributed by atoms with Crippen LogP contribution in [0.25, 0.3) is 22.3 Å². The number of hydrogen-bond acceptors (Lipinski definition) is 6. The fraction of sp³-hybridized carbons (Fsp3) is 0.286. The van der Waals surface area contributed by atoms with Crippen molar-refractivity contribution in [3.8, 4) is 11.4 Å². The predicted molar refractivity (Wildman–Crippen MR) is 147 cm³/mol. The minimum Gasteiger partial charge on any atom is -0.444 e. The number of fused-ring (bicyclic) bond motifs is 3. The molecule has 0 fully saturated rings. The lowest BCUT2D eigenvalue weighted by atomic mass is 10.0. The van der Waals surface area contributed by atoms with Gasteiger partial charge in [0.25, 0.3) is 10.0 Å². The smallest absolute Gasteiger partial charge is 0.408 e. The molecular formula is C28H29N3O5S2. The van der Waals surface area contributed by atoms with E-state index in [1.165, 1.54) is 10.2 Å². The van der Waals surface area contributed by atoms with E-state index in [2.05, 4.69) is 10.3 Å². The summed E-state index contributed by atoms with van der Waals surface area (Å²) >= 11 is 0. The second-order valence-corrected chi connectivity index (χ2v) is 13.4. The van der Waals surface area contributed by atoms with Crippen molar-refractivity contribution in [3.63, 3.8) is 0 Å². The van der Waals surface area contributed by atoms with Gasteiger partial charge in [-0.3, -0.25) is 9.19 Å². The van der Waals surface area contributed by atoms with Gasteiger partial charge in [-0.15, -0.1) is 0 Å². The molecule has 1 N–H and O–H groups in total. The van der Waals surface area contributed by atoms with Crippen LogP contribution in [0.5, 0.6) is 0 Å². The maximum atomic E-state index is 13.9. The first kappa shape index (κ1) is 26.1. The van der Waals surface area contributed by atoms with Crippen molar-refractivity contribution in [1.82, 2.24) is 14.3 Å². The van der Waals surface area contributed by atoms with Crippen LogP contribution in [0.1, 0.15) is 44.4 Å². The van der Waals surface area contributed by atoms with E-state index in [-0.39, 0.29) is 10.9 Å². The summed E-state index contributed by atoms with van der Waals surface area (Å²) in [6.07, 6.45) is 3.93. The molecule has 198 valence electrons. The molecule has 2 aromatic carbocycles. The molecule has 5 rings (SSSR count). The van der Waals surface area contributed by atoms with Crippen LogP contribution in [-0.2, 0) is 32.0 Å². The monoisotopic (exact) mass is 551 g/mol. The van der Waals surface area contributed by atoms with Crippen molar-refractivity contribution >= 4 is 37.8 Å². The number of rotatable bonds is 5. The van der Waals surface area contributed by atoms with Gasteiger partial charge in [0.2, 0.25) is 0 Å². The maximum absolute atomic E-state index is 13.9. The summed E-state index contributed by atoms with van der Waals surface area (Å²) in [6, 6.07) is 16.9. The molecule has 1 aliphatic carbocycles. The van der Waals surface area contributed by atoms with E-state index in [4.69, 9.17) is 4.74 Å². The Morgan fingerprint density at radius 1 is 1.11 bits per heavy atom. The molecule has 4 aromatic rings. The highest BCUT2D eigenvalue weighted by atomic mass is 32.2. The summed E-state index contributed by atoms with van der Waals surface area (Å²) < 4.78 is 46.5. The normalized spacial score (nSPS) is 16.3. The lowest BCUT2D eigenvalue weighted by Gasteiger charge is -2.22. The van der Waals surface area contributed by atoms with Crippen LogP contribution in [0.4, 0.5) is 4.79 Å². The molecule has 0 aliphatic heterocycles. The van der Waals surface area contributed by atoms with E-state index in [1.54, 1.807) is 54.8 Å². The largest absolute Gasteiger partial charge is 0.444 e. The number of aryl methyl sites for hydroxylation is 1. The fourth-order valence-corrected chi connectivity index (χ4v) is 6.81. The number of ether oxygens (including phenoxy) is 1. The van der Waals surface area contributed by atoms with Crippen molar-refractivity contribution in [2.24, 2.45) is 0 Å². The van der Waals surface area contributed by atoms with Gasteiger partial charge in [0.05, 0.1) is 43.5 Å². The summed E-state index contributed by atoms with van der Waals surface area (Å²) in [5.41, 5.74) is 2.71. The number of carbonyl (C=O) groups is 1. The second kappa shape index (κ2) is 9.67. The second-order valence-electron chi connectivity index (χ2n) is 10.2. The predicted octanol–water partition coefficient (Wildman–Crippen LogP) is 5.19. The molecule has 0 spiro atoms. The third-order valence-electron chi connectivity index (χ3n) is 6.45. The number of alkyl carbamates (subject to hydrolysis) is 1. The Labute approximate surface area is 224 Å². The quantitative estimate of drug-likeness (QED) is 0.366. The molecule has 2 heterocycles. The molecule has 2 atom stereocenters. The maximum Gasteiger partial charge on any atom is 0.408 e. The van der Waals surface area contributed by atoms with Gasteiger partial charge in [0.1, 0.15) is 5.60 Å². The van der Waals surface area contributed by atoms with Gasteiger partial charge in [-0.25, -0.2) is 17.2 Å². The number of aromatic nitrogens is 2. The van der Waals surface area contributed by atoms with Crippen LogP contribution in [0, 0.1) is 0 Å². The van der Waals surface area contributed by atoms with E-state index in [0.29, 0.717) is 34.6 Å². The number of hydrogen-bond donors (Lipinski definition) is 1. The molecule has 0 saturated carbocycles. The van der Waals surface area contributed by atoms with Crippen LogP contribution in [-0.4, -0.2) is 39.5 Å². The Balaban J connectivity index is 1.66. The molecule has 2 aromatic heterocycles. The molecule has 0 saturated heterocycles. The lowest BCUT2D eigenvalue weighted by Crippen LogP contribution is -2.34. The van der Waals surface area contributed by atoms with Crippen molar-refractivity contribution in [2.75, 3.05) is 6.26 Å². The summed E-state index contributed by atoms with van der Waals surface area (Å²) in [5.74, 6) is 0. The van der Waals surface area contributed by atoms with Gasteiger partial charge in [-0.1, -0.05) is 24.3 Å². The average molecular weight is 552 g/mol. The summed E-state index contributed by atoms with van der Waals surface area (Å²) in [4.78, 5) is 17.6. The molecule has 8 nitrogen and oxygen atoms in total. The van der Waals surface area contributed by atoms with Crippen molar-refractivity contribution in [2.45, 2.75) is 55.0 Å². The van der Waals surface area contributed by atoms with Crippen LogP contribution >= 0.6 is 0 Å². The zero-order valence-corrected chi connectivity index (χ0v) is 23.2. The standard InChI is InChI=1S/C28H29N3O5S2/c1-28(2,3)36-27(32)30-23-14-11-20-21(23)12-15-25-22(20)16-26(24-13-10-18(17-29-24)37(4)33)31(25)38(34,35)19-8-6-5-7-9-19/h5-10,12-13,15-17,23H,11,14H2,1-4H3,(H,30,32)/t23-,37?/m1/s1. The SMILES string of the molecule is CS(=O)c1ccc(-c2cc3c4c(ccc3n2S(=O)(=O)c2ccccc2)[C@H](NC(=O)OC(C)(C)C)CC4)nc1. The Bertz CT molecular complexity index is 1650. The van der Waals surface area contributed by atoms with Gasteiger partial charge >= 0.3 is 6.09 Å². The van der Waals surface area contributed by atoms with E-state index < -0.39 is 32.5 Å². The van der Waals surface area contributed by atoms with Crippen molar-refractivity contribution in [1.29, 1.82) is 0 Å². The number of nitrogens with zero attached hydrogens (tertiary/aromatic N) is 2. The molecule has 0 radical (unpaired) electrons. The Hall–Kier alpha value is -3.50. The van der Waals surface area contributed by atoms with E-state index in [0.717, 1.165) is 16.5 Å². The topological polar surface area (TPSA) is 107 Å². The molecule has 1 unspecified atom stereocenters. The molecule has 1 amide bonds. The fourth-order valence-electron chi connectivity index (χ4n) is 4.82. The zero-order chi connectivity index (χ0) is 27.2. The molecule has 10 heteroatoms. The Morgan fingerprint density at radius 2 is 1.84 bits per heavy atom. The molecule has 0 bridgehead atoms. The van der Waals surface area contributed by atoms with Crippen LogP contribution in [0.3, 0.4) is 0 Å². The third-order valence-corrected chi connectivity index (χ3v) is 9.10. The highest BCUT2D eigenvalue weighted by Crippen LogP contribution is 2.40. The summed E-state index contributed by atoms with van der Waals surface area (Å²) in [6.45, 7) is 5.44. The number of nitrogens with one attached hydrogen (secondary N) is 1. The van der Waals surface area contributed by atoms with Gasteiger partial charge in [-0.2, -0.15) is 0 Å². The van der Waals surface area contributed by atoms with E-state index in [1.807, 2.05) is 32.9 Å². The summed E-state index contributed by atoms with van der Waals surface area (Å²) in [7, 11) is -5.18. The first-order valence-corrected chi connectivity index (χ1v) is 15.2. The minimum atomic E-state index is -3.97. The Kier molecular flexibility index (Phi) is 6.65. The van der Waals surface area contributed by atoms with Gasteiger partial charge in [0.15, 0.2) is 0 Å². The highest BCUT2D eigenvalue weighted by Gasteiger charge is 2.31. The number of carbonyl (C=O) groups excluding carboxylic acids is 1. The van der Waals surface area contributed by atoms with Crippen molar-refractivity contribution in [3.05, 3.63) is 78.0 Å². The van der Waals surface area contributed by atoms with Crippen LogP contribution < -0.4 is 5.32 Å². The number of amides is 1. The zero-order valence-electron chi connectivity index (χ0n) is 21.6. The van der Waals surface area contributed by atoms with Gasteiger partial charge in [-0.05, 0) is 81.1 Å². The van der Waals surface area contributed by atoms with E-state index >= 15 is 0 Å². The average Bonchev–Trinajstić information content (AvgIpc) is 3.45. The minimum absolute atomic E-state index is 0.162. The van der Waals surface area contributed by atoms with Gasteiger partial charge < -0.3 is 10.1 Å². The number of pyridine rings is 1. The highest BCUT2D eigenvalue weighted by molar-refractivity contribution is 7.90. The lowest BCUT2D eigenvalue weighted by molar-refractivity contribution is 0.0503. The summed E-state index contributed by atoms with van der Waals surface area (Å²) in [5, 5.41) is 3.74. The Morgan fingerprint density at radius 3 is 2.47 bits per heavy atom. The van der Waals surface area contributed by atoms with E-state index in [9.17, 15) is 17.4 Å². The molecule has 1 aliphatic rings. The number of benzene rings is 2. The van der Waals surface area contributed by atoms with Crippen LogP contribution in [0.15, 0.2) is 76.7 Å². The first-order chi connectivity index (χ1) is 18.0.